The number of likely N-dealkylation sites (N-methyl/N-ethyl adjacent to an activating group) is 1. The van der Waals surface area contributed by atoms with Crippen molar-refractivity contribution in [3.05, 3.63) is 29.8 Å². The smallest absolute Gasteiger partial charge is 0.226 e. The normalized spacial score (nSPS) is 22.5. The van der Waals surface area contributed by atoms with Crippen LogP contribution in [0.1, 0.15) is 31.2 Å². The molecule has 1 saturated carbocycles. The van der Waals surface area contributed by atoms with E-state index >= 15 is 0 Å². The molecule has 0 radical (unpaired) electrons. The fraction of sp³-hybridized carbons (Fsp3) is 0.562. The highest BCUT2D eigenvalue weighted by Crippen LogP contribution is 2.23. The van der Waals surface area contributed by atoms with Crippen LogP contribution in [-0.2, 0) is 11.2 Å². The summed E-state index contributed by atoms with van der Waals surface area (Å²) >= 11 is 0. The highest BCUT2D eigenvalue weighted by molar-refractivity contribution is 5.79. The molecule has 0 saturated heterocycles. The van der Waals surface area contributed by atoms with Crippen molar-refractivity contribution in [2.24, 2.45) is 0 Å². The van der Waals surface area contributed by atoms with Crippen LogP contribution in [0.3, 0.4) is 0 Å². The van der Waals surface area contributed by atoms with E-state index < -0.39 is 0 Å². The van der Waals surface area contributed by atoms with Gasteiger partial charge < -0.3 is 15.3 Å². The number of amides is 1. The van der Waals surface area contributed by atoms with Gasteiger partial charge in [-0.05, 0) is 50.4 Å². The molecule has 1 amide bonds. The van der Waals surface area contributed by atoms with Crippen molar-refractivity contribution in [2.45, 2.75) is 44.2 Å². The molecule has 0 unspecified atom stereocenters. The SMILES string of the molecule is CNC1CCC(N(C)C(=O)Cc2cccc(O)c2)CC1. The summed E-state index contributed by atoms with van der Waals surface area (Å²) in [5.41, 5.74) is 0.866. The number of phenolic OH excluding ortho intramolecular Hbond substituents is 1. The summed E-state index contributed by atoms with van der Waals surface area (Å²) in [6.07, 6.45) is 4.74. The first-order chi connectivity index (χ1) is 9.60. The van der Waals surface area contributed by atoms with Gasteiger partial charge in [0.05, 0.1) is 6.42 Å². The van der Waals surface area contributed by atoms with Crippen LogP contribution in [0, 0.1) is 0 Å². The summed E-state index contributed by atoms with van der Waals surface area (Å²) < 4.78 is 0. The first kappa shape index (κ1) is 14.9. The van der Waals surface area contributed by atoms with Gasteiger partial charge in [-0.3, -0.25) is 4.79 Å². The minimum atomic E-state index is 0.128. The average Bonchev–Trinajstić information content (AvgIpc) is 2.46. The number of hydrogen-bond donors (Lipinski definition) is 2. The van der Waals surface area contributed by atoms with Gasteiger partial charge in [0, 0.05) is 19.1 Å². The molecule has 20 heavy (non-hydrogen) atoms. The molecular formula is C16H24N2O2. The first-order valence-electron chi connectivity index (χ1n) is 7.31. The summed E-state index contributed by atoms with van der Waals surface area (Å²) in [5, 5.41) is 12.7. The van der Waals surface area contributed by atoms with E-state index in [0.29, 0.717) is 18.5 Å². The zero-order chi connectivity index (χ0) is 14.5. The maximum Gasteiger partial charge on any atom is 0.226 e. The molecule has 1 aliphatic carbocycles. The number of hydrogen-bond acceptors (Lipinski definition) is 3. The Morgan fingerprint density at radius 2 is 2.05 bits per heavy atom. The number of carbonyl (C=O) groups is 1. The molecule has 1 fully saturated rings. The van der Waals surface area contributed by atoms with E-state index in [4.69, 9.17) is 0 Å². The molecule has 1 aliphatic rings. The lowest BCUT2D eigenvalue weighted by atomic mass is 9.90. The van der Waals surface area contributed by atoms with Gasteiger partial charge in [-0.15, -0.1) is 0 Å². The van der Waals surface area contributed by atoms with Crippen molar-refractivity contribution in [3.8, 4) is 5.75 Å². The fourth-order valence-corrected chi connectivity index (χ4v) is 2.92. The van der Waals surface area contributed by atoms with Crippen molar-refractivity contribution in [1.82, 2.24) is 10.2 Å². The Balaban J connectivity index is 1.89. The Bertz CT molecular complexity index is 454. The monoisotopic (exact) mass is 276 g/mol. The van der Waals surface area contributed by atoms with Gasteiger partial charge in [0.25, 0.3) is 0 Å². The molecule has 0 bridgehead atoms. The zero-order valence-corrected chi connectivity index (χ0v) is 12.3. The van der Waals surface area contributed by atoms with E-state index in [1.165, 1.54) is 0 Å². The van der Waals surface area contributed by atoms with Crippen molar-refractivity contribution in [2.75, 3.05) is 14.1 Å². The maximum atomic E-state index is 12.3. The van der Waals surface area contributed by atoms with Gasteiger partial charge in [-0.1, -0.05) is 12.1 Å². The fourth-order valence-electron chi connectivity index (χ4n) is 2.92. The summed E-state index contributed by atoms with van der Waals surface area (Å²) in [7, 11) is 3.90. The van der Waals surface area contributed by atoms with Crippen molar-refractivity contribution in [3.63, 3.8) is 0 Å². The standard InChI is InChI=1S/C16H24N2O2/c1-17-13-6-8-14(9-7-13)18(2)16(20)11-12-4-3-5-15(19)10-12/h3-5,10,13-14,17,19H,6-9,11H2,1-2H3. The summed E-state index contributed by atoms with van der Waals surface area (Å²) in [5.74, 6) is 0.344. The number of rotatable bonds is 4. The molecule has 1 aromatic rings. The molecule has 0 spiro atoms. The molecule has 0 aliphatic heterocycles. The Morgan fingerprint density at radius 3 is 2.65 bits per heavy atom. The van der Waals surface area contributed by atoms with Crippen LogP contribution < -0.4 is 5.32 Å². The van der Waals surface area contributed by atoms with Crippen LogP contribution in [-0.4, -0.2) is 42.1 Å². The van der Waals surface area contributed by atoms with Crippen molar-refractivity contribution >= 4 is 5.91 Å². The van der Waals surface area contributed by atoms with Gasteiger partial charge >= 0.3 is 0 Å². The molecule has 2 rings (SSSR count). The minimum Gasteiger partial charge on any atom is -0.508 e. The van der Waals surface area contributed by atoms with E-state index in [1.807, 2.05) is 25.1 Å². The molecule has 4 nitrogen and oxygen atoms in total. The summed E-state index contributed by atoms with van der Waals surface area (Å²) in [6, 6.07) is 7.88. The van der Waals surface area contributed by atoms with Gasteiger partial charge in [0.15, 0.2) is 0 Å². The molecule has 2 N–H and O–H groups in total. The van der Waals surface area contributed by atoms with Crippen molar-refractivity contribution < 1.29 is 9.90 Å². The lowest BCUT2D eigenvalue weighted by Gasteiger charge is -2.34. The van der Waals surface area contributed by atoms with Crippen LogP contribution in [0.15, 0.2) is 24.3 Å². The van der Waals surface area contributed by atoms with Gasteiger partial charge in [0.1, 0.15) is 5.75 Å². The number of nitrogens with zero attached hydrogens (tertiary/aromatic N) is 1. The van der Waals surface area contributed by atoms with Crippen LogP contribution in [0.25, 0.3) is 0 Å². The second kappa shape index (κ2) is 6.75. The molecule has 0 heterocycles. The number of phenols is 1. The Morgan fingerprint density at radius 1 is 1.35 bits per heavy atom. The Labute approximate surface area is 120 Å². The number of carbonyl (C=O) groups excluding carboxylic acids is 1. The highest BCUT2D eigenvalue weighted by Gasteiger charge is 2.25. The largest absolute Gasteiger partial charge is 0.508 e. The quantitative estimate of drug-likeness (QED) is 0.883. The van der Waals surface area contributed by atoms with E-state index in [1.54, 1.807) is 18.2 Å². The van der Waals surface area contributed by atoms with Crippen molar-refractivity contribution in [1.29, 1.82) is 0 Å². The van der Waals surface area contributed by atoms with Crippen LogP contribution in [0.5, 0.6) is 5.75 Å². The second-order valence-corrected chi connectivity index (χ2v) is 5.65. The Hall–Kier alpha value is -1.55. The minimum absolute atomic E-state index is 0.128. The zero-order valence-electron chi connectivity index (χ0n) is 12.3. The molecule has 0 atom stereocenters. The number of aromatic hydroxyl groups is 1. The Kier molecular flexibility index (Phi) is 5.01. The second-order valence-electron chi connectivity index (χ2n) is 5.65. The lowest BCUT2D eigenvalue weighted by Crippen LogP contribution is -2.43. The third kappa shape index (κ3) is 3.73. The summed E-state index contributed by atoms with van der Waals surface area (Å²) in [6.45, 7) is 0. The highest BCUT2D eigenvalue weighted by atomic mass is 16.3. The molecular weight excluding hydrogens is 252 g/mol. The topological polar surface area (TPSA) is 52.6 Å². The van der Waals surface area contributed by atoms with Gasteiger partial charge in [0.2, 0.25) is 5.91 Å². The van der Waals surface area contributed by atoms with Crippen LogP contribution >= 0.6 is 0 Å². The number of benzene rings is 1. The molecule has 110 valence electrons. The third-order valence-corrected chi connectivity index (χ3v) is 4.31. The van der Waals surface area contributed by atoms with E-state index in [9.17, 15) is 9.90 Å². The molecule has 4 heteroatoms. The number of nitrogens with one attached hydrogen (secondary N) is 1. The van der Waals surface area contributed by atoms with E-state index in [2.05, 4.69) is 5.32 Å². The molecule has 1 aromatic carbocycles. The van der Waals surface area contributed by atoms with Crippen LogP contribution in [0.4, 0.5) is 0 Å². The molecule has 0 aromatic heterocycles. The average molecular weight is 276 g/mol. The maximum absolute atomic E-state index is 12.3. The van der Waals surface area contributed by atoms with Gasteiger partial charge in [-0.2, -0.15) is 0 Å². The predicted octanol–water partition coefficient (Wildman–Crippen LogP) is 1.92. The first-order valence-corrected chi connectivity index (χ1v) is 7.31. The lowest BCUT2D eigenvalue weighted by molar-refractivity contribution is -0.131. The summed E-state index contributed by atoms with van der Waals surface area (Å²) in [4.78, 5) is 14.2. The predicted molar refractivity (Wildman–Crippen MR) is 79.7 cm³/mol. The van der Waals surface area contributed by atoms with Crippen LogP contribution in [0.2, 0.25) is 0 Å². The van der Waals surface area contributed by atoms with E-state index in [-0.39, 0.29) is 11.7 Å². The van der Waals surface area contributed by atoms with E-state index in [0.717, 1.165) is 31.2 Å². The third-order valence-electron chi connectivity index (χ3n) is 4.31. The van der Waals surface area contributed by atoms with Gasteiger partial charge in [-0.25, -0.2) is 0 Å².